The largest absolute Gasteiger partial charge is 0.315 e. The molecule has 0 N–H and O–H groups in total. The molecule has 4 nitrogen and oxygen atoms in total. The maximum Gasteiger partial charge on any atom is 0.231 e. The highest BCUT2D eigenvalue weighted by molar-refractivity contribution is 6.00. The zero-order chi connectivity index (χ0) is 13.1. The molecule has 0 atom stereocenters. The summed E-state index contributed by atoms with van der Waals surface area (Å²) in [5.41, 5.74) is 3.36. The fourth-order valence-corrected chi connectivity index (χ4v) is 2.20. The summed E-state index contributed by atoms with van der Waals surface area (Å²) in [6.45, 7) is 1.31. The molecule has 0 saturated heterocycles. The van der Waals surface area contributed by atoms with Crippen molar-refractivity contribution in [3.8, 4) is 6.07 Å². The van der Waals surface area contributed by atoms with Crippen LogP contribution >= 0.6 is 0 Å². The molecular formula is C14H17N3O. The maximum atomic E-state index is 11.6. The quantitative estimate of drug-likeness (QED) is 0.747. The van der Waals surface area contributed by atoms with E-state index in [9.17, 15) is 4.79 Å². The van der Waals surface area contributed by atoms with Crippen LogP contribution in [0.5, 0.6) is 0 Å². The van der Waals surface area contributed by atoms with E-state index in [2.05, 4.69) is 18.2 Å². The Morgan fingerprint density at radius 1 is 1.50 bits per heavy atom. The summed E-state index contributed by atoms with van der Waals surface area (Å²) in [5.74, 6) is 0.156. The average molecular weight is 243 g/mol. The minimum Gasteiger partial charge on any atom is -0.315 e. The lowest BCUT2D eigenvalue weighted by Crippen LogP contribution is -2.21. The molecule has 1 amide bonds. The molecule has 1 aliphatic rings. The zero-order valence-electron chi connectivity index (χ0n) is 10.8. The minimum absolute atomic E-state index is 0.156. The molecule has 0 radical (unpaired) electrons. The Bertz CT molecular complexity index is 504. The van der Waals surface area contributed by atoms with Gasteiger partial charge in [0.2, 0.25) is 5.91 Å². The molecule has 4 heteroatoms. The van der Waals surface area contributed by atoms with Crippen LogP contribution in [0.1, 0.15) is 11.1 Å². The van der Waals surface area contributed by atoms with Gasteiger partial charge in [0, 0.05) is 19.3 Å². The lowest BCUT2D eigenvalue weighted by atomic mass is 10.1. The number of fused-ring (bicyclic) bond motifs is 1. The summed E-state index contributed by atoms with van der Waals surface area (Å²) in [7, 11) is 3.75. The zero-order valence-corrected chi connectivity index (χ0v) is 10.8. The van der Waals surface area contributed by atoms with Gasteiger partial charge in [-0.1, -0.05) is 12.1 Å². The van der Waals surface area contributed by atoms with Gasteiger partial charge < -0.3 is 4.90 Å². The van der Waals surface area contributed by atoms with Gasteiger partial charge >= 0.3 is 0 Å². The van der Waals surface area contributed by atoms with E-state index in [0.29, 0.717) is 13.0 Å². The van der Waals surface area contributed by atoms with Gasteiger partial charge in [0.15, 0.2) is 0 Å². The van der Waals surface area contributed by atoms with E-state index in [-0.39, 0.29) is 5.91 Å². The van der Waals surface area contributed by atoms with Gasteiger partial charge in [0.25, 0.3) is 0 Å². The molecule has 94 valence electrons. The van der Waals surface area contributed by atoms with Gasteiger partial charge in [-0.05, 0) is 30.7 Å². The second-order valence-corrected chi connectivity index (χ2v) is 4.74. The second kappa shape index (κ2) is 5.19. The molecule has 1 heterocycles. The number of anilines is 1. The van der Waals surface area contributed by atoms with Crippen LogP contribution in [0, 0.1) is 11.3 Å². The monoisotopic (exact) mass is 243 g/mol. The molecule has 0 bridgehead atoms. The molecular weight excluding hydrogens is 226 g/mol. The molecule has 1 aromatic carbocycles. The van der Waals surface area contributed by atoms with Gasteiger partial charge in [-0.15, -0.1) is 0 Å². The minimum atomic E-state index is 0.156. The maximum absolute atomic E-state index is 11.6. The third-order valence-corrected chi connectivity index (χ3v) is 3.34. The average Bonchev–Trinajstić information content (AvgIpc) is 2.63. The number of hydrogen-bond donors (Lipinski definition) is 0. The standard InChI is InChI=1S/C14H17N3O/c1-16(8-6-15)7-5-11-3-4-13-12(9-11)10-14(18)17(13)2/h3-4,9H,5,7-8,10H2,1-2H3. The van der Waals surface area contributed by atoms with Crippen LogP contribution in [0.4, 0.5) is 5.69 Å². The molecule has 0 unspecified atom stereocenters. The summed E-state index contributed by atoms with van der Waals surface area (Å²) in [5, 5.41) is 8.58. The molecule has 18 heavy (non-hydrogen) atoms. The first kappa shape index (κ1) is 12.6. The van der Waals surface area contributed by atoms with E-state index in [0.717, 1.165) is 24.2 Å². The van der Waals surface area contributed by atoms with Crippen molar-refractivity contribution in [3.05, 3.63) is 29.3 Å². The fourth-order valence-electron chi connectivity index (χ4n) is 2.20. The van der Waals surface area contributed by atoms with Crippen molar-refractivity contribution >= 4 is 11.6 Å². The van der Waals surface area contributed by atoms with Crippen molar-refractivity contribution < 1.29 is 4.79 Å². The predicted octanol–water partition coefficient (Wildman–Crippen LogP) is 1.20. The Morgan fingerprint density at radius 3 is 3.00 bits per heavy atom. The SMILES string of the molecule is CN(CC#N)CCc1ccc2c(c1)CC(=O)N2C. The van der Waals surface area contributed by atoms with Crippen molar-refractivity contribution in [1.29, 1.82) is 5.26 Å². The van der Waals surface area contributed by atoms with E-state index in [4.69, 9.17) is 5.26 Å². The molecule has 2 rings (SSSR count). The predicted molar refractivity (Wildman–Crippen MR) is 70.4 cm³/mol. The van der Waals surface area contributed by atoms with Crippen LogP contribution < -0.4 is 4.90 Å². The van der Waals surface area contributed by atoms with Crippen LogP contribution in [0.25, 0.3) is 0 Å². The van der Waals surface area contributed by atoms with Gasteiger partial charge in [0.1, 0.15) is 0 Å². The van der Waals surface area contributed by atoms with Crippen molar-refractivity contribution in [2.24, 2.45) is 0 Å². The lowest BCUT2D eigenvalue weighted by Gasteiger charge is -2.13. The fraction of sp³-hybridized carbons (Fsp3) is 0.429. The number of nitriles is 1. The van der Waals surface area contributed by atoms with Crippen molar-refractivity contribution in [1.82, 2.24) is 4.90 Å². The van der Waals surface area contributed by atoms with Crippen molar-refractivity contribution in [3.63, 3.8) is 0 Å². The Labute approximate surface area is 107 Å². The Balaban J connectivity index is 2.03. The topological polar surface area (TPSA) is 47.3 Å². The molecule has 0 aromatic heterocycles. The number of likely N-dealkylation sites (N-methyl/N-ethyl adjacent to an activating group) is 2. The van der Waals surface area contributed by atoms with Crippen LogP contribution in [0.2, 0.25) is 0 Å². The first-order chi connectivity index (χ1) is 8.61. The first-order valence-electron chi connectivity index (χ1n) is 6.05. The highest BCUT2D eigenvalue weighted by Crippen LogP contribution is 2.28. The number of nitrogens with zero attached hydrogens (tertiary/aromatic N) is 3. The number of benzene rings is 1. The molecule has 0 fully saturated rings. The molecule has 1 aromatic rings. The van der Waals surface area contributed by atoms with Crippen LogP contribution in [0.15, 0.2) is 18.2 Å². The Kier molecular flexibility index (Phi) is 3.63. The van der Waals surface area contributed by atoms with E-state index in [1.807, 2.05) is 25.1 Å². The first-order valence-corrected chi connectivity index (χ1v) is 6.05. The summed E-state index contributed by atoms with van der Waals surface area (Å²) in [6, 6.07) is 8.32. The van der Waals surface area contributed by atoms with Crippen molar-refractivity contribution in [2.75, 3.05) is 32.1 Å². The highest BCUT2D eigenvalue weighted by Gasteiger charge is 2.23. The molecule has 0 saturated carbocycles. The van der Waals surface area contributed by atoms with Crippen LogP contribution in [-0.4, -0.2) is 38.0 Å². The highest BCUT2D eigenvalue weighted by atomic mass is 16.2. The molecule has 1 aliphatic heterocycles. The number of carbonyl (C=O) groups excluding carboxylic acids is 1. The number of carbonyl (C=O) groups is 1. The van der Waals surface area contributed by atoms with Gasteiger partial charge in [0.05, 0.1) is 19.0 Å². The second-order valence-electron chi connectivity index (χ2n) is 4.74. The van der Waals surface area contributed by atoms with Crippen LogP contribution in [-0.2, 0) is 17.6 Å². The normalized spacial score (nSPS) is 13.9. The summed E-state index contributed by atoms with van der Waals surface area (Å²) >= 11 is 0. The van der Waals surface area contributed by atoms with E-state index < -0.39 is 0 Å². The van der Waals surface area contributed by atoms with Gasteiger partial charge in [-0.25, -0.2) is 0 Å². The summed E-state index contributed by atoms with van der Waals surface area (Å²) in [6.07, 6.45) is 1.41. The van der Waals surface area contributed by atoms with E-state index >= 15 is 0 Å². The number of amides is 1. The Morgan fingerprint density at radius 2 is 2.28 bits per heavy atom. The number of rotatable bonds is 4. The van der Waals surface area contributed by atoms with Crippen molar-refractivity contribution in [2.45, 2.75) is 12.8 Å². The Hall–Kier alpha value is -1.86. The smallest absolute Gasteiger partial charge is 0.231 e. The number of hydrogen-bond acceptors (Lipinski definition) is 3. The summed E-state index contributed by atoms with van der Waals surface area (Å²) < 4.78 is 0. The van der Waals surface area contributed by atoms with E-state index in [1.54, 1.807) is 4.90 Å². The lowest BCUT2D eigenvalue weighted by molar-refractivity contribution is -0.117. The van der Waals surface area contributed by atoms with Crippen LogP contribution in [0.3, 0.4) is 0 Å². The van der Waals surface area contributed by atoms with E-state index in [1.165, 1.54) is 5.56 Å². The molecule has 0 aliphatic carbocycles. The van der Waals surface area contributed by atoms with Gasteiger partial charge in [-0.3, -0.25) is 9.69 Å². The van der Waals surface area contributed by atoms with Gasteiger partial charge in [-0.2, -0.15) is 5.26 Å². The third-order valence-electron chi connectivity index (χ3n) is 3.34. The third kappa shape index (κ3) is 2.52. The summed E-state index contributed by atoms with van der Waals surface area (Å²) in [4.78, 5) is 15.3. The molecule has 0 spiro atoms.